The number of anilines is 1. The van der Waals surface area contributed by atoms with Crippen molar-refractivity contribution in [2.45, 2.75) is 30.8 Å². The van der Waals surface area contributed by atoms with Crippen LogP contribution in [0.3, 0.4) is 0 Å². The van der Waals surface area contributed by atoms with Crippen molar-refractivity contribution in [3.63, 3.8) is 0 Å². The highest BCUT2D eigenvalue weighted by Gasteiger charge is 2.49. The summed E-state index contributed by atoms with van der Waals surface area (Å²) in [6.45, 7) is 1.43. The standard InChI is InChI=1S/C22H22ClFN6O3/c1-22(32)10(4-17(18(22)31)30-3-2-12-19(25)27-9-28-21(12)30)8-33-11-5-15(24)13-7-14(23)20(26)29-16(13)6-11/h2-7,9,12,17-18,21,31-32H,8H2,1H3,(H2,26,29)(H2,25,27,28)/t12?,17-,18+,21?,22-/m1/s1. The molecule has 33 heavy (non-hydrogen) atoms. The van der Waals surface area contributed by atoms with E-state index < -0.39 is 23.6 Å². The molecule has 2 unspecified atom stereocenters. The molecular formula is C22H22ClFN6O3. The number of nitrogens with two attached hydrogens (primary N) is 2. The van der Waals surface area contributed by atoms with Crippen LogP contribution < -0.4 is 16.2 Å². The number of aliphatic hydroxyl groups is 2. The Morgan fingerprint density at radius 3 is 2.88 bits per heavy atom. The molecule has 11 heteroatoms. The van der Waals surface area contributed by atoms with Crippen LogP contribution in [0, 0.1) is 11.7 Å². The first-order valence-electron chi connectivity index (χ1n) is 10.3. The fourth-order valence-corrected chi connectivity index (χ4v) is 4.54. The molecule has 5 rings (SSSR count). The zero-order valence-corrected chi connectivity index (χ0v) is 18.3. The monoisotopic (exact) mass is 472 g/mol. The number of amidine groups is 1. The van der Waals surface area contributed by atoms with E-state index in [-0.39, 0.29) is 40.7 Å². The van der Waals surface area contributed by atoms with E-state index in [0.29, 0.717) is 16.9 Å². The molecule has 0 saturated heterocycles. The van der Waals surface area contributed by atoms with Gasteiger partial charge < -0.3 is 31.3 Å². The van der Waals surface area contributed by atoms with Crippen LogP contribution >= 0.6 is 11.6 Å². The van der Waals surface area contributed by atoms with Gasteiger partial charge in [0.2, 0.25) is 0 Å². The number of fused-ring (bicyclic) bond motifs is 2. The van der Waals surface area contributed by atoms with Gasteiger partial charge >= 0.3 is 0 Å². The number of hydrogen-bond donors (Lipinski definition) is 4. The Balaban J connectivity index is 1.38. The summed E-state index contributed by atoms with van der Waals surface area (Å²) >= 11 is 5.93. The second kappa shape index (κ2) is 7.68. The number of hydrogen-bond acceptors (Lipinski definition) is 9. The van der Waals surface area contributed by atoms with Crippen molar-refractivity contribution in [2.24, 2.45) is 21.6 Å². The van der Waals surface area contributed by atoms with Gasteiger partial charge in [0.1, 0.15) is 54.0 Å². The molecule has 0 radical (unpaired) electrons. The van der Waals surface area contributed by atoms with E-state index in [9.17, 15) is 14.6 Å². The summed E-state index contributed by atoms with van der Waals surface area (Å²) < 4.78 is 20.3. The Labute approximate surface area is 193 Å². The molecule has 6 N–H and O–H groups in total. The second-order valence-electron chi connectivity index (χ2n) is 8.44. The van der Waals surface area contributed by atoms with Crippen molar-refractivity contribution < 1.29 is 19.3 Å². The van der Waals surface area contributed by atoms with Crippen LogP contribution in [0.1, 0.15) is 6.92 Å². The number of aromatic nitrogens is 1. The van der Waals surface area contributed by atoms with Gasteiger partial charge in [0.15, 0.2) is 0 Å². The van der Waals surface area contributed by atoms with Gasteiger partial charge in [-0.2, -0.15) is 0 Å². The topological polar surface area (TPSA) is 143 Å². The van der Waals surface area contributed by atoms with E-state index in [1.807, 2.05) is 11.0 Å². The van der Waals surface area contributed by atoms with Crippen LogP contribution in [-0.2, 0) is 0 Å². The molecule has 1 aromatic carbocycles. The normalized spacial score (nSPS) is 30.5. The Kier molecular flexibility index (Phi) is 5.04. The van der Waals surface area contributed by atoms with E-state index >= 15 is 0 Å². The number of aliphatic imine (C=N–C) groups is 2. The predicted molar refractivity (Wildman–Crippen MR) is 123 cm³/mol. The molecule has 0 fully saturated rings. The van der Waals surface area contributed by atoms with Crippen LogP contribution in [0.5, 0.6) is 5.75 Å². The van der Waals surface area contributed by atoms with Crippen LogP contribution in [0.4, 0.5) is 10.2 Å². The first kappa shape index (κ1) is 21.6. The second-order valence-corrected chi connectivity index (χ2v) is 8.84. The Hall–Kier alpha value is -3.21. The molecule has 2 aromatic rings. The molecule has 0 bridgehead atoms. The number of aliphatic hydroxyl groups excluding tert-OH is 1. The summed E-state index contributed by atoms with van der Waals surface area (Å²) in [6.07, 6.45) is 5.30. The van der Waals surface area contributed by atoms with Crippen molar-refractivity contribution in [3.05, 3.63) is 53.0 Å². The van der Waals surface area contributed by atoms with Gasteiger partial charge in [-0.1, -0.05) is 23.8 Å². The fraction of sp³-hybridized carbons (Fsp3) is 0.318. The highest BCUT2D eigenvalue weighted by Crippen LogP contribution is 2.38. The van der Waals surface area contributed by atoms with Crippen LogP contribution in [0.2, 0.25) is 5.02 Å². The van der Waals surface area contributed by atoms with E-state index in [0.717, 1.165) is 0 Å². The highest BCUT2D eigenvalue weighted by atomic mass is 35.5. The van der Waals surface area contributed by atoms with Crippen molar-refractivity contribution >= 4 is 40.5 Å². The van der Waals surface area contributed by atoms with Gasteiger partial charge in [0.05, 0.1) is 22.5 Å². The quantitative estimate of drug-likeness (QED) is 0.495. The molecular weight excluding hydrogens is 451 g/mol. The number of nitrogen functional groups attached to an aromatic ring is 1. The molecule has 5 atom stereocenters. The Bertz CT molecular complexity index is 1260. The number of halogens is 2. The van der Waals surface area contributed by atoms with Gasteiger partial charge in [-0.05, 0) is 24.8 Å². The van der Waals surface area contributed by atoms with Crippen molar-refractivity contribution in [1.29, 1.82) is 0 Å². The van der Waals surface area contributed by atoms with Crippen molar-refractivity contribution in [1.82, 2.24) is 9.88 Å². The zero-order valence-electron chi connectivity index (χ0n) is 17.6. The van der Waals surface area contributed by atoms with E-state index in [4.69, 9.17) is 27.8 Å². The van der Waals surface area contributed by atoms with Crippen molar-refractivity contribution in [3.8, 4) is 5.75 Å². The summed E-state index contributed by atoms with van der Waals surface area (Å²) in [5, 5.41) is 22.3. The van der Waals surface area contributed by atoms with Crippen LogP contribution in [0.25, 0.3) is 10.9 Å². The maximum atomic E-state index is 14.6. The Morgan fingerprint density at radius 2 is 2.09 bits per heavy atom. The number of ether oxygens (including phenoxy) is 1. The number of nitrogens with zero attached hydrogens (tertiary/aromatic N) is 4. The smallest absolute Gasteiger partial charge is 0.142 e. The summed E-state index contributed by atoms with van der Waals surface area (Å²) in [6, 6.07) is 3.59. The van der Waals surface area contributed by atoms with Crippen LogP contribution in [0.15, 0.2) is 52.1 Å². The molecule has 3 aliphatic rings. The minimum atomic E-state index is -1.57. The number of rotatable bonds is 4. The Morgan fingerprint density at radius 1 is 1.30 bits per heavy atom. The third-order valence-electron chi connectivity index (χ3n) is 6.36. The predicted octanol–water partition coefficient (Wildman–Crippen LogP) is 1.58. The summed E-state index contributed by atoms with van der Waals surface area (Å²) in [5.74, 6) is -0.0408. The average molecular weight is 473 g/mol. The van der Waals surface area contributed by atoms with Crippen molar-refractivity contribution in [2.75, 3.05) is 12.3 Å². The first-order valence-corrected chi connectivity index (χ1v) is 10.6. The van der Waals surface area contributed by atoms with Gasteiger partial charge in [-0.15, -0.1) is 0 Å². The number of benzene rings is 1. The molecule has 1 aromatic heterocycles. The number of pyridine rings is 1. The lowest BCUT2D eigenvalue weighted by Crippen LogP contribution is -2.51. The lowest BCUT2D eigenvalue weighted by molar-refractivity contribution is -0.0536. The maximum absolute atomic E-state index is 14.6. The zero-order chi connectivity index (χ0) is 23.5. The van der Waals surface area contributed by atoms with Gasteiger partial charge in [-0.25, -0.2) is 19.4 Å². The fourth-order valence-electron chi connectivity index (χ4n) is 4.39. The summed E-state index contributed by atoms with van der Waals surface area (Å²) in [5.41, 5.74) is 10.9. The van der Waals surface area contributed by atoms with E-state index in [2.05, 4.69) is 15.0 Å². The molecule has 3 heterocycles. The van der Waals surface area contributed by atoms with E-state index in [1.165, 1.54) is 31.5 Å². The summed E-state index contributed by atoms with van der Waals surface area (Å²) in [4.78, 5) is 14.3. The molecule has 172 valence electrons. The van der Waals surface area contributed by atoms with Gasteiger partial charge in [0.25, 0.3) is 0 Å². The maximum Gasteiger partial charge on any atom is 0.142 e. The largest absolute Gasteiger partial charge is 0.489 e. The highest BCUT2D eigenvalue weighted by molar-refractivity contribution is 6.33. The van der Waals surface area contributed by atoms with E-state index in [1.54, 1.807) is 12.3 Å². The molecule has 0 spiro atoms. The van der Waals surface area contributed by atoms with Crippen LogP contribution in [-0.4, -0.2) is 62.8 Å². The molecule has 2 aliphatic heterocycles. The molecule has 0 saturated carbocycles. The lowest BCUT2D eigenvalue weighted by atomic mass is 9.95. The SMILES string of the molecule is C[C@@]1(O)C(COc2cc(F)c3cc(Cl)c(N)nc3c2)=C[C@@H](N2C=CC3C(N)=NC=NC32)[C@@H]1O. The van der Waals surface area contributed by atoms with Gasteiger partial charge in [-0.3, -0.25) is 0 Å². The lowest BCUT2D eigenvalue weighted by Gasteiger charge is -2.36. The summed E-state index contributed by atoms with van der Waals surface area (Å²) in [7, 11) is 0. The molecule has 1 aliphatic carbocycles. The van der Waals surface area contributed by atoms with Gasteiger partial charge in [0, 0.05) is 17.5 Å². The average Bonchev–Trinajstić information content (AvgIpc) is 3.28. The third-order valence-corrected chi connectivity index (χ3v) is 6.66. The minimum absolute atomic E-state index is 0.0763. The minimum Gasteiger partial charge on any atom is -0.489 e. The first-order chi connectivity index (χ1) is 15.7. The molecule has 9 nitrogen and oxygen atoms in total. The third kappa shape index (κ3) is 3.50. The molecule has 0 amide bonds.